The summed E-state index contributed by atoms with van der Waals surface area (Å²) >= 11 is 12.8. The fourth-order valence-corrected chi connectivity index (χ4v) is 5.12. The number of aliphatic imine (C=N–C) groups is 1. The van der Waals surface area contributed by atoms with Crippen LogP contribution in [0.3, 0.4) is 0 Å². The summed E-state index contributed by atoms with van der Waals surface area (Å²) in [6.07, 6.45) is 0.722. The minimum absolute atomic E-state index is 0.0789. The Morgan fingerprint density at radius 1 is 1.17 bits per heavy atom. The number of para-hydroxylation sites is 1. The molecule has 0 spiro atoms. The van der Waals surface area contributed by atoms with Gasteiger partial charge < -0.3 is 19.6 Å². The van der Waals surface area contributed by atoms with Crippen LogP contribution in [0.25, 0.3) is 0 Å². The van der Waals surface area contributed by atoms with Crippen LogP contribution in [0.4, 0.5) is 16.3 Å². The average Bonchev–Trinajstić information content (AvgIpc) is 3.64. The van der Waals surface area contributed by atoms with Crippen molar-refractivity contribution in [2.75, 3.05) is 24.5 Å². The predicted molar refractivity (Wildman–Crippen MR) is 141 cm³/mol. The fraction of sp³-hybridized carbons (Fsp3) is 0.500. The Morgan fingerprint density at radius 3 is 2.56 bits per heavy atom. The van der Waals surface area contributed by atoms with Crippen LogP contribution in [0.1, 0.15) is 57.6 Å². The van der Waals surface area contributed by atoms with E-state index in [1.54, 1.807) is 15.9 Å². The lowest BCUT2D eigenvalue weighted by Crippen LogP contribution is -2.57. The van der Waals surface area contributed by atoms with E-state index >= 15 is 0 Å². The Bertz CT molecular complexity index is 1210. The molecule has 1 aliphatic carbocycles. The van der Waals surface area contributed by atoms with Crippen LogP contribution in [-0.2, 0) is 4.74 Å². The first-order valence-corrected chi connectivity index (χ1v) is 13.0. The highest BCUT2D eigenvalue weighted by atomic mass is 35.5. The lowest BCUT2D eigenvalue weighted by molar-refractivity contribution is 0.0132. The molecular weight excluding hydrogens is 501 g/mol. The zero-order valence-corrected chi connectivity index (χ0v) is 22.4. The van der Waals surface area contributed by atoms with Crippen molar-refractivity contribution in [3.63, 3.8) is 0 Å². The van der Waals surface area contributed by atoms with E-state index in [1.165, 1.54) is 0 Å². The van der Waals surface area contributed by atoms with E-state index in [1.807, 2.05) is 45.9 Å². The number of piperazine rings is 1. The number of rotatable bonds is 2. The topological polar surface area (TPSA) is 81.5 Å². The van der Waals surface area contributed by atoms with Gasteiger partial charge in [-0.2, -0.15) is 0 Å². The van der Waals surface area contributed by atoms with Gasteiger partial charge in [0, 0.05) is 25.7 Å². The van der Waals surface area contributed by atoms with Gasteiger partial charge in [-0.25, -0.2) is 14.8 Å². The minimum atomic E-state index is -1.19. The van der Waals surface area contributed by atoms with Crippen molar-refractivity contribution in [1.82, 2.24) is 14.8 Å². The van der Waals surface area contributed by atoms with E-state index in [4.69, 9.17) is 32.9 Å². The predicted octanol–water partition coefficient (Wildman–Crippen LogP) is 5.38. The summed E-state index contributed by atoms with van der Waals surface area (Å²) in [5.74, 6) is 1.56. The van der Waals surface area contributed by atoms with Crippen LogP contribution in [0.5, 0.6) is 0 Å². The molecule has 36 heavy (non-hydrogen) atoms. The van der Waals surface area contributed by atoms with Crippen LogP contribution < -0.4 is 4.90 Å². The number of aliphatic hydroxyl groups is 1. The largest absolute Gasteiger partial charge is 0.444 e. The maximum Gasteiger partial charge on any atom is 0.410 e. The quantitative estimate of drug-likeness (QED) is 0.523. The summed E-state index contributed by atoms with van der Waals surface area (Å²) in [5, 5.41) is 11.8. The molecule has 1 amide bonds. The Hall–Kier alpha value is -2.55. The maximum absolute atomic E-state index is 12.6. The standard InChI is InChI=1S/C26H31Cl2N5O3/c1-15-14-31(25(35)36-26(2,3)4)11-12-32(15)22-18-13-19(27)21(28)29-23(18)33(24(34)30-22)20-8-6-5-7-17(20)16-9-10-16/h5-8,13,15-16,24,34H,9-12,14H2,1-4H3/t15-,24?/m0/s1. The van der Waals surface area contributed by atoms with Gasteiger partial charge in [-0.05, 0) is 64.2 Å². The van der Waals surface area contributed by atoms with Gasteiger partial charge in [-0.3, -0.25) is 4.90 Å². The molecule has 3 aliphatic rings. The molecule has 2 aromatic rings. The van der Waals surface area contributed by atoms with Gasteiger partial charge in [-0.1, -0.05) is 41.4 Å². The average molecular weight is 532 g/mol. The van der Waals surface area contributed by atoms with E-state index < -0.39 is 12.0 Å². The first-order valence-electron chi connectivity index (χ1n) is 12.3. The second kappa shape index (κ2) is 9.39. The smallest absolute Gasteiger partial charge is 0.410 e. The minimum Gasteiger partial charge on any atom is -0.444 e. The summed E-state index contributed by atoms with van der Waals surface area (Å²) in [7, 11) is 0. The molecule has 2 atom stereocenters. The third-order valence-electron chi connectivity index (χ3n) is 6.62. The van der Waals surface area contributed by atoms with Gasteiger partial charge in [0.05, 0.1) is 16.3 Å². The number of nitrogens with zero attached hydrogens (tertiary/aromatic N) is 5. The number of amides is 1. The molecule has 0 radical (unpaired) electrons. The van der Waals surface area contributed by atoms with Crippen molar-refractivity contribution in [2.45, 2.75) is 64.4 Å². The monoisotopic (exact) mass is 531 g/mol. The fourth-order valence-electron chi connectivity index (χ4n) is 4.83. The van der Waals surface area contributed by atoms with Gasteiger partial charge in [0.15, 0.2) is 0 Å². The molecule has 192 valence electrons. The van der Waals surface area contributed by atoms with Crippen LogP contribution in [0.2, 0.25) is 10.2 Å². The number of fused-ring (bicyclic) bond motifs is 1. The summed E-state index contributed by atoms with van der Waals surface area (Å²) in [6.45, 7) is 9.03. The number of pyridine rings is 1. The molecule has 1 aromatic carbocycles. The first-order chi connectivity index (χ1) is 17.0. The van der Waals surface area contributed by atoms with Crippen molar-refractivity contribution in [3.8, 4) is 0 Å². The van der Waals surface area contributed by atoms with Gasteiger partial charge >= 0.3 is 6.09 Å². The van der Waals surface area contributed by atoms with E-state index in [0.717, 1.165) is 24.1 Å². The number of anilines is 2. The Morgan fingerprint density at radius 2 is 1.89 bits per heavy atom. The molecule has 1 unspecified atom stereocenters. The lowest BCUT2D eigenvalue weighted by atomic mass is 10.0. The highest BCUT2D eigenvalue weighted by Crippen LogP contribution is 2.47. The number of hydrogen-bond donors (Lipinski definition) is 1. The number of hydrogen-bond acceptors (Lipinski definition) is 7. The molecule has 8 nitrogen and oxygen atoms in total. The van der Waals surface area contributed by atoms with Crippen molar-refractivity contribution in [1.29, 1.82) is 0 Å². The molecule has 1 saturated carbocycles. The number of carbonyl (C=O) groups is 1. The number of aromatic nitrogens is 1. The van der Waals surface area contributed by atoms with Crippen LogP contribution in [0.15, 0.2) is 35.3 Å². The number of carbonyl (C=O) groups excluding carboxylic acids is 1. The molecule has 2 aliphatic heterocycles. The molecule has 1 saturated heterocycles. The van der Waals surface area contributed by atoms with Crippen LogP contribution in [-0.4, -0.2) is 69.4 Å². The van der Waals surface area contributed by atoms with E-state index in [2.05, 4.69) is 16.0 Å². The van der Waals surface area contributed by atoms with E-state index in [-0.39, 0.29) is 17.3 Å². The maximum atomic E-state index is 12.6. The third kappa shape index (κ3) is 4.86. The molecule has 5 rings (SSSR count). The number of ether oxygens (including phenoxy) is 1. The number of aliphatic hydroxyl groups excluding tert-OH is 1. The van der Waals surface area contributed by atoms with Crippen molar-refractivity contribution >= 4 is 46.6 Å². The van der Waals surface area contributed by atoms with Crippen LogP contribution >= 0.6 is 23.2 Å². The number of benzene rings is 1. The Labute approximate surface area is 221 Å². The molecule has 10 heteroatoms. The van der Waals surface area contributed by atoms with E-state index in [9.17, 15) is 9.90 Å². The Balaban J connectivity index is 1.48. The molecule has 1 aromatic heterocycles. The summed E-state index contributed by atoms with van der Waals surface area (Å²) in [6, 6.07) is 9.71. The molecular formula is C26H31Cl2N5O3. The molecule has 3 heterocycles. The zero-order chi connectivity index (χ0) is 25.8. The van der Waals surface area contributed by atoms with Gasteiger partial charge in [0.1, 0.15) is 22.4 Å². The summed E-state index contributed by atoms with van der Waals surface area (Å²) < 4.78 is 5.56. The molecule has 2 fully saturated rings. The van der Waals surface area contributed by atoms with Crippen molar-refractivity contribution in [3.05, 3.63) is 51.6 Å². The zero-order valence-electron chi connectivity index (χ0n) is 20.9. The summed E-state index contributed by atoms with van der Waals surface area (Å²) in [4.78, 5) is 27.5. The first kappa shape index (κ1) is 25.1. The van der Waals surface area contributed by atoms with Gasteiger partial charge in [0.25, 0.3) is 0 Å². The molecule has 1 N–H and O–H groups in total. The van der Waals surface area contributed by atoms with E-state index in [0.29, 0.717) is 47.8 Å². The summed E-state index contributed by atoms with van der Waals surface area (Å²) in [5.41, 5.74) is 2.16. The molecule has 0 bridgehead atoms. The van der Waals surface area contributed by atoms with Crippen molar-refractivity contribution in [2.24, 2.45) is 4.99 Å². The number of amidine groups is 1. The highest BCUT2D eigenvalue weighted by molar-refractivity contribution is 6.41. The lowest BCUT2D eigenvalue weighted by Gasteiger charge is -2.44. The van der Waals surface area contributed by atoms with Crippen molar-refractivity contribution < 1.29 is 14.6 Å². The second-order valence-corrected chi connectivity index (χ2v) is 11.4. The van der Waals surface area contributed by atoms with Gasteiger partial charge in [0.2, 0.25) is 6.35 Å². The Kier molecular flexibility index (Phi) is 6.55. The SMILES string of the molecule is C[C@H]1CN(C(=O)OC(C)(C)C)CCN1C1=NC(O)N(c2ccccc2C2CC2)c2nc(Cl)c(Cl)cc21. The van der Waals surface area contributed by atoms with Gasteiger partial charge in [-0.15, -0.1) is 0 Å². The highest BCUT2D eigenvalue weighted by Gasteiger charge is 2.39. The second-order valence-electron chi connectivity index (χ2n) is 10.6. The normalized spacial score (nSPS) is 22.3. The third-order valence-corrected chi connectivity index (χ3v) is 7.29. The van der Waals surface area contributed by atoms with Crippen LogP contribution in [0, 0.1) is 0 Å². The number of halogens is 2.